The van der Waals surface area contributed by atoms with Gasteiger partial charge >= 0.3 is 0 Å². The fourth-order valence-electron chi connectivity index (χ4n) is 1.07. The zero-order valence-electron chi connectivity index (χ0n) is 8.05. The van der Waals surface area contributed by atoms with Gasteiger partial charge < -0.3 is 5.73 Å². The van der Waals surface area contributed by atoms with Crippen molar-refractivity contribution in [2.45, 2.75) is 12.8 Å². The molecule has 1 unspecified atom stereocenters. The van der Waals surface area contributed by atoms with Gasteiger partial charge in [-0.1, -0.05) is 24.6 Å². The summed E-state index contributed by atoms with van der Waals surface area (Å²) in [7, 11) is 0. The SMILES string of the molecule is CC(/C(N)=C/[N+](=O)[O-])c1ccc(Cl)nc1. The molecule has 0 saturated carbocycles. The Morgan fingerprint density at radius 1 is 1.73 bits per heavy atom. The summed E-state index contributed by atoms with van der Waals surface area (Å²) in [6.45, 7) is 1.76. The van der Waals surface area contributed by atoms with Gasteiger partial charge in [-0.2, -0.15) is 0 Å². The van der Waals surface area contributed by atoms with Crippen molar-refractivity contribution < 1.29 is 4.92 Å². The molecule has 0 saturated heterocycles. The second-order valence-electron chi connectivity index (χ2n) is 3.05. The highest BCUT2D eigenvalue weighted by Gasteiger charge is 2.11. The fraction of sp³-hybridized carbons (Fsp3) is 0.222. The average molecular weight is 228 g/mol. The highest BCUT2D eigenvalue weighted by molar-refractivity contribution is 6.29. The van der Waals surface area contributed by atoms with Crippen molar-refractivity contribution in [2.24, 2.45) is 5.73 Å². The van der Waals surface area contributed by atoms with Crippen molar-refractivity contribution in [3.63, 3.8) is 0 Å². The van der Waals surface area contributed by atoms with Crippen LogP contribution in [-0.4, -0.2) is 9.91 Å². The molecular weight excluding hydrogens is 218 g/mol. The van der Waals surface area contributed by atoms with E-state index in [1.165, 1.54) is 0 Å². The third-order valence-corrected chi connectivity index (χ3v) is 2.23. The summed E-state index contributed by atoms with van der Waals surface area (Å²) < 4.78 is 0. The number of rotatable bonds is 3. The Bertz CT molecular complexity index is 389. The molecule has 6 heteroatoms. The molecule has 0 bridgehead atoms. The molecule has 1 rings (SSSR count). The molecule has 0 aliphatic rings. The highest BCUT2D eigenvalue weighted by atomic mass is 35.5. The van der Waals surface area contributed by atoms with Crippen molar-refractivity contribution in [3.8, 4) is 0 Å². The number of aromatic nitrogens is 1. The van der Waals surface area contributed by atoms with Gasteiger partial charge in [-0.15, -0.1) is 0 Å². The van der Waals surface area contributed by atoms with E-state index in [1.807, 2.05) is 0 Å². The lowest BCUT2D eigenvalue weighted by atomic mass is 10.0. The van der Waals surface area contributed by atoms with E-state index in [0.717, 1.165) is 11.8 Å². The summed E-state index contributed by atoms with van der Waals surface area (Å²) in [4.78, 5) is 13.5. The number of allylic oxidation sites excluding steroid dienone is 1. The lowest BCUT2D eigenvalue weighted by Crippen LogP contribution is -2.09. The topological polar surface area (TPSA) is 82.0 Å². The van der Waals surface area contributed by atoms with Crippen LogP contribution >= 0.6 is 11.6 Å². The van der Waals surface area contributed by atoms with Crippen molar-refractivity contribution in [1.29, 1.82) is 0 Å². The first-order valence-corrected chi connectivity index (χ1v) is 4.60. The molecule has 1 aromatic heterocycles. The minimum atomic E-state index is -0.574. The molecule has 80 valence electrons. The molecular formula is C9H10ClN3O2. The Morgan fingerprint density at radius 2 is 2.40 bits per heavy atom. The second-order valence-corrected chi connectivity index (χ2v) is 3.44. The second kappa shape index (κ2) is 4.75. The first kappa shape index (κ1) is 11.5. The molecule has 15 heavy (non-hydrogen) atoms. The maximum absolute atomic E-state index is 10.2. The molecule has 1 aromatic rings. The Labute approximate surface area is 91.7 Å². The molecule has 0 radical (unpaired) electrons. The van der Waals surface area contributed by atoms with E-state index >= 15 is 0 Å². The summed E-state index contributed by atoms with van der Waals surface area (Å²) in [5.74, 6) is -0.250. The largest absolute Gasteiger partial charge is 0.397 e. The number of pyridine rings is 1. The molecule has 5 nitrogen and oxygen atoms in total. The van der Waals surface area contributed by atoms with Crippen LogP contribution in [0.3, 0.4) is 0 Å². The maximum atomic E-state index is 10.2. The van der Waals surface area contributed by atoms with Crippen LogP contribution in [-0.2, 0) is 0 Å². The van der Waals surface area contributed by atoms with Gasteiger partial charge in [0, 0.05) is 12.1 Å². The summed E-state index contributed by atoms with van der Waals surface area (Å²) in [5.41, 5.74) is 6.52. The molecule has 0 aromatic carbocycles. The highest BCUT2D eigenvalue weighted by Crippen LogP contribution is 2.20. The number of nitrogens with zero attached hydrogens (tertiary/aromatic N) is 2. The third-order valence-electron chi connectivity index (χ3n) is 2.00. The Morgan fingerprint density at radius 3 is 2.87 bits per heavy atom. The van der Waals surface area contributed by atoms with Crippen LogP contribution in [0.25, 0.3) is 0 Å². The summed E-state index contributed by atoms with van der Waals surface area (Å²) >= 11 is 5.62. The quantitative estimate of drug-likeness (QED) is 0.486. The van der Waals surface area contributed by atoms with Gasteiger partial charge in [0.1, 0.15) is 5.15 Å². The van der Waals surface area contributed by atoms with Crippen LogP contribution in [0.1, 0.15) is 18.4 Å². The monoisotopic (exact) mass is 227 g/mol. The Kier molecular flexibility index (Phi) is 3.62. The average Bonchev–Trinajstić information content (AvgIpc) is 2.17. The zero-order valence-corrected chi connectivity index (χ0v) is 8.81. The van der Waals surface area contributed by atoms with Crippen LogP contribution in [0.5, 0.6) is 0 Å². The molecule has 0 amide bonds. The fourth-order valence-corrected chi connectivity index (χ4v) is 1.18. The molecule has 0 aliphatic carbocycles. The third kappa shape index (κ3) is 3.21. The van der Waals surface area contributed by atoms with Crippen LogP contribution in [0.2, 0.25) is 5.15 Å². The standard InChI is InChI=1S/C9H10ClN3O2/c1-6(8(11)5-13(14)15)7-2-3-9(10)12-4-7/h2-6H,11H2,1H3/b8-5-. The summed E-state index contributed by atoms with van der Waals surface area (Å²) in [6.07, 6.45) is 2.34. The predicted molar refractivity (Wildman–Crippen MR) is 56.9 cm³/mol. The normalized spacial score (nSPS) is 13.6. The maximum Gasteiger partial charge on any atom is 0.253 e. The van der Waals surface area contributed by atoms with Crippen molar-refractivity contribution in [3.05, 3.63) is 51.1 Å². The van der Waals surface area contributed by atoms with Crippen molar-refractivity contribution in [1.82, 2.24) is 4.98 Å². The number of hydrogen-bond acceptors (Lipinski definition) is 4. The first-order valence-electron chi connectivity index (χ1n) is 4.23. The Hall–Kier alpha value is -1.62. The van der Waals surface area contributed by atoms with Gasteiger partial charge in [0.05, 0.1) is 10.6 Å². The van der Waals surface area contributed by atoms with Crippen molar-refractivity contribution >= 4 is 11.6 Å². The molecule has 0 aliphatic heterocycles. The van der Waals surface area contributed by atoms with E-state index in [-0.39, 0.29) is 11.6 Å². The summed E-state index contributed by atoms with van der Waals surface area (Å²) in [6, 6.07) is 3.35. The van der Waals surface area contributed by atoms with E-state index in [1.54, 1.807) is 25.3 Å². The minimum Gasteiger partial charge on any atom is -0.397 e. The molecule has 2 N–H and O–H groups in total. The first-order chi connectivity index (χ1) is 7.00. The molecule has 0 spiro atoms. The van der Waals surface area contributed by atoms with Gasteiger partial charge in [0.2, 0.25) is 0 Å². The van der Waals surface area contributed by atoms with Gasteiger partial charge in [-0.3, -0.25) is 10.1 Å². The van der Waals surface area contributed by atoms with Gasteiger partial charge in [-0.25, -0.2) is 4.98 Å². The van der Waals surface area contributed by atoms with E-state index < -0.39 is 4.92 Å². The molecule has 0 fully saturated rings. The molecule has 1 atom stereocenters. The van der Waals surface area contributed by atoms with E-state index in [0.29, 0.717) is 5.15 Å². The number of nitro groups is 1. The lowest BCUT2D eigenvalue weighted by Gasteiger charge is -2.09. The van der Waals surface area contributed by atoms with Crippen LogP contribution in [0.15, 0.2) is 30.2 Å². The van der Waals surface area contributed by atoms with Crippen LogP contribution in [0, 0.1) is 10.1 Å². The van der Waals surface area contributed by atoms with Gasteiger partial charge in [0.25, 0.3) is 6.20 Å². The van der Waals surface area contributed by atoms with Crippen molar-refractivity contribution in [2.75, 3.05) is 0 Å². The zero-order chi connectivity index (χ0) is 11.4. The smallest absolute Gasteiger partial charge is 0.253 e. The number of hydrogen-bond donors (Lipinski definition) is 1. The number of nitrogens with two attached hydrogens (primary N) is 1. The van der Waals surface area contributed by atoms with Gasteiger partial charge in [0.15, 0.2) is 0 Å². The van der Waals surface area contributed by atoms with E-state index in [2.05, 4.69) is 4.98 Å². The van der Waals surface area contributed by atoms with Gasteiger partial charge in [-0.05, 0) is 11.6 Å². The summed E-state index contributed by atoms with van der Waals surface area (Å²) in [5, 5.41) is 10.6. The van der Waals surface area contributed by atoms with E-state index in [4.69, 9.17) is 17.3 Å². The van der Waals surface area contributed by atoms with Crippen LogP contribution < -0.4 is 5.73 Å². The lowest BCUT2D eigenvalue weighted by molar-refractivity contribution is -0.403. The minimum absolute atomic E-state index is 0.184. The Balaban J connectivity index is 2.89. The number of halogens is 1. The molecule has 1 heterocycles. The predicted octanol–water partition coefficient (Wildman–Crippen LogP) is 1.92. The van der Waals surface area contributed by atoms with Crippen LogP contribution in [0.4, 0.5) is 0 Å². The van der Waals surface area contributed by atoms with E-state index in [9.17, 15) is 10.1 Å².